The zero-order valence-corrected chi connectivity index (χ0v) is 12.6. The Hall–Kier alpha value is -3.27. The van der Waals surface area contributed by atoms with Gasteiger partial charge in [0.1, 0.15) is 11.8 Å². The molecule has 3 aromatic carbocycles. The predicted molar refractivity (Wildman–Crippen MR) is 91.5 cm³/mol. The Balaban J connectivity index is 1.89. The van der Waals surface area contributed by atoms with E-state index in [4.69, 9.17) is 13.9 Å². The molecule has 5 rings (SSSR count). The summed E-state index contributed by atoms with van der Waals surface area (Å²) in [7, 11) is 0. The van der Waals surface area contributed by atoms with Crippen molar-refractivity contribution in [3.05, 3.63) is 71.1 Å². The smallest absolute Gasteiger partial charge is 0.231 e. The van der Waals surface area contributed by atoms with E-state index in [2.05, 4.69) is 0 Å². The van der Waals surface area contributed by atoms with Gasteiger partial charge in [-0.15, -0.1) is 0 Å². The first-order valence-electron chi connectivity index (χ1n) is 7.65. The van der Waals surface area contributed by atoms with Crippen molar-refractivity contribution in [2.75, 3.05) is 6.79 Å². The van der Waals surface area contributed by atoms with Crippen molar-refractivity contribution in [1.82, 2.24) is 0 Å². The molecule has 2 heterocycles. The Labute approximate surface area is 136 Å². The van der Waals surface area contributed by atoms with Crippen LogP contribution in [0, 0.1) is 0 Å². The van der Waals surface area contributed by atoms with Gasteiger partial charge in [-0.05, 0) is 22.9 Å². The van der Waals surface area contributed by atoms with Crippen molar-refractivity contribution >= 4 is 21.7 Å². The summed E-state index contributed by atoms with van der Waals surface area (Å²) in [4.78, 5) is 13.2. The molecule has 0 fully saturated rings. The summed E-state index contributed by atoms with van der Waals surface area (Å²) in [5.74, 6) is 1.23. The number of hydrogen-bond acceptors (Lipinski definition) is 4. The van der Waals surface area contributed by atoms with Crippen LogP contribution in [0.4, 0.5) is 0 Å². The van der Waals surface area contributed by atoms with Crippen LogP contribution in [0.5, 0.6) is 11.5 Å². The second-order valence-electron chi connectivity index (χ2n) is 5.68. The maximum atomic E-state index is 13.2. The molecule has 24 heavy (non-hydrogen) atoms. The highest BCUT2D eigenvalue weighted by atomic mass is 16.7. The predicted octanol–water partition coefficient (Wildman–Crippen LogP) is 4.34. The van der Waals surface area contributed by atoms with Crippen LogP contribution in [0.15, 0.2) is 70.1 Å². The minimum atomic E-state index is -0.0723. The Morgan fingerprint density at radius 3 is 2.71 bits per heavy atom. The Bertz CT molecular complexity index is 1160. The van der Waals surface area contributed by atoms with E-state index >= 15 is 0 Å². The molecule has 116 valence electrons. The third kappa shape index (κ3) is 1.77. The molecule has 0 saturated heterocycles. The van der Waals surface area contributed by atoms with Gasteiger partial charge in [-0.1, -0.05) is 42.5 Å². The van der Waals surface area contributed by atoms with Crippen molar-refractivity contribution in [3.63, 3.8) is 0 Å². The molecule has 4 nitrogen and oxygen atoms in total. The first-order valence-corrected chi connectivity index (χ1v) is 7.65. The second-order valence-corrected chi connectivity index (χ2v) is 5.68. The summed E-state index contributed by atoms with van der Waals surface area (Å²) in [6.07, 6.45) is 1.50. The molecule has 1 aromatic heterocycles. The largest absolute Gasteiger partial charge is 0.463 e. The van der Waals surface area contributed by atoms with Gasteiger partial charge in [-0.2, -0.15) is 0 Å². The molecule has 4 aromatic rings. The molecule has 0 unspecified atom stereocenters. The summed E-state index contributed by atoms with van der Waals surface area (Å²) in [6, 6.07) is 17.1. The molecule has 0 aliphatic carbocycles. The fourth-order valence-electron chi connectivity index (χ4n) is 3.22. The van der Waals surface area contributed by atoms with Crippen LogP contribution >= 0.6 is 0 Å². The van der Waals surface area contributed by atoms with E-state index in [1.54, 1.807) is 0 Å². The molecule has 1 aliphatic heterocycles. The molecule has 0 bridgehead atoms. The number of fused-ring (bicyclic) bond motifs is 4. The lowest BCUT2D eigenvalue weighted by Gasteiger charge is -2.07. The fourth-order valence-corrected chi connectivity index (χ4v) is 3.22. The molecular formula is C20H12O4. The Morgan fingerprint density at radius 2 is 1.75 bits per heavy atom. The number of para-hydroxylation sites is 1. The van der Waals surface area contributed by atoms with E-state index in [9.17, 15) is 4.79 Å². The highest BCUT2D eigenvalue weighted by Gasteiger charge is 2.21. The van der Waals surface area contributed by atoms with Crippen molar-refractivity contribution in [2.24, 2.45) is 0 Å². The average Bonchev–Trinajstić information content (AvgIpc) is 3.10. The van der Waals surface area contributed by atoms with Gasteiger partial charge in [0.25, 0.3) is 0 Å². The van der Waals surface area contributed by atoms with Gasteiger partial charge < -0.3 is 13.9 Å². The zero-order valence-electron chi connectivity index (χ0n) is 12.6. The monoisotopic (exact) mass is 316 g/mol. The van der Waals surface area contributed by atoms with Crippen LogP contribution in [0.2, 0.25) is 0 Å². The van der Waals surface area contributed by atoms with E-state index in [1.807, 2.05) is 54.6 Å². The maximum absolute atomic E-state index is 13.2. The normalized spacial score (nSPS) is 12.8. The van der Waals surface area contributed by atoms with E-state index in [0.717, 1.165) is 10.8 Å². The molecular weight excluding hydrogens is 304 g/mol. The lowest BCUT2D eigenvalue weighted by molar-refractivity contribution is 0.174. The highest BCUT2D eigenvalue weighted by molar-refractivity contribution is 6.06. The highest BCUT2D eigenvalue weighted by Crippen LogP contribution is 2.40. The van der Waals surface area contributed by atoms with Gasteiger partial charge >= 0.3 is 0 Å². The third-order valence-corrected chi connectivity index (χ3v) is 4.35. The summed E-state index contributed by atoms with van der Waals surface area (Å²) < 4.78 is 16.7. The van der Waals surface area contributed by atoms with Gasteiger partial charge in [-0.25, -0.2) is 0 Å². The number of hydrogen-bond donors (Lipinski definition) is 0. The van der Waals surface area contributed by atoms with Crippen LogP contribution in [0.25, 0.3) is 32.9 Å². The van der Waals surface area contributed by atoms with E-state index in [0.29, 0.717) is 33.6 Å². The van der Waals surface area contributed by atoms with Gasteiger partial charge in [0.2, 0.25) is 12.2 Å². The molecule has 0 amide bonds. The minimum absolute atomic E-state index is 0.0723. The van der Waals surface area contributed by atoms with Crippen LogP contribution in [-0.4, -0.2) is 6.79 Å². The lowest BCUT2D eigenvalue weighted by Crippen LogP contribution is -2.06. The van der Waals surface area contributed by atoms with E-state index < -0.39 is 0 Å². The summed E-state index contributed by atoms with van der Waals surface area (Å²) in [5, 5.41) is 2.48. The Kier molecular flexibility index (Phi) is 2.67. The third-order valence-electron chi connectivity index (χ3n) is 4.35. The summed E-state index contributed by atoms with van der Waals surface area (Å²) in [5.41, 5.74) is 1.67. The average molecular weight is 316 g/mol. The molecule has 4 heteroatoms. The number of ether oxygens (including phenoxy) is 2. The summed E-state index contributed by atoms with van der Waals surface area (Å²) >= 11 is 0. The van der Waals surface area contributed by atoms with Crippen molar-refractivity contribution in [1.29, 1.82) is 0 Å². The minimum Gasteiger partial charge on any atom is -0.463 e. The SMILES string of the molecule is O=c1c(-c2cccc3c2OCO3)coc2ccc3ccccc3c12. The maximum Gasteiger partial charge on any atom is 0.231 e. The van der Waals surface area contributed by atoms with Gasteiger partial charge in [-0.3, -0.25) is 4.79 Å². The second kappa shape index (κ2) is 4.86. The molecule has 0 atom stereocenters. The van der Waals surface area contributed by atoms with Crippen LogP contribution < -0.4 is 14.9 Å². The van der Waals surface area contributed by atoms with Crippen LogP contribution in [0.1, 0.15) is 0 Å². The number of benzene rings is 3. The standard InChI is InChI=1S/C20H12O4/c21-19-15(14-6-3-7-17-20(14)24-11-23-17)10-22-16-9-8-12-4-1-2-5-13(12)18(16)19/h1-10H,11H2. The van der Waals surface area contributed by atoms with E-state index in [1.165, 1.54) is 6.26 Å². The van der Waals surface area contributed by atoms with Crippen LogP contribution in [-0.2, 0) is 0 Å². The molecule has 0 N–H and O–H groups in total. The van der Waals surface area contributed by atoms with Gasteiger partial charge in [0.15, 0.2) is 11.5 Å². The van der Waals surface area contributed by atoms with Gasteiger partial charge in [0, 0.05) is 5.56 Å². The summed E-state index contributed by atoms with van der Waals surface area (Å²) in [6.45, 7) is 0.161. The zero-order chi connectivity index (χ0) is 16.1. The molecule has 0 saturated carbocycles. The first-order chi connectivity index (χ1) is 11.8. The lowest BCUT2D eigenvalue weighted by atomic mass is 10.0. The Morgan fingerprint density at radius 1 is 0.833 bits per heavy atom. The topological polar surface area (TPSA) is 48.7 Å². The number of rotatable bonds is 1. The van der Waals surface area contributed by atoms with Crippen LogP contribution in [0.3, 0.4) is 0 Å². The quantitative estimate of drug-likeness (QED) is 0.490. The van der Waals surface area contributed by atoms with E-state index in [-0.39, 0.29) is 12.2 Å². The van der Waals surface area contributed by atoms with Crippen molar-refractivity contribution in [2.45, 2.75) is 0 Å². The van der Waals surface area contributed by atoms with Crippen molar-refractivity contribution in [3.8, 4) is 22.6 Å². The first kappa shape index (κ1) is 13.2. The van der Waals surface area contributed by atoms with Gasteiger partial charge in [0.05, 0.1) is 10.9 Å². The molecule has 0 spiro atoms. The fraction of sp³-hybridized carbons (Fsp3) is 0.0500. The van der Waals surface area contributed by atoms with Crippen molar-refractivity contribution < 1.29 is 13.9 Å². The molecule has 1 aliphatic rings. The molecule has 0 radical (unpaired) electrons.